The third-order valence-corrected chi connectivity index (χ3v) is 6.23. The summed E-state index contributed by atoms with van der Waals surface area (Å²) in [4.78, 5) is 39.8. The Morgan fingerprint density at radius 2 is 1.86 bits per heavy atom. The number of carbonyl (C=O) groups excluding carboxylic acids is 2. The average Bonchev–Trinajstić information content (AvgIpc) is 3.46. The molecule has 0 aromatic carbocycles. The van der Waals surface area contributed by atoms with Crippen LogP contribution in [0.25, 0.3) is 22.3 Å². The van der Waals surface area contributed by atoms with Crippen LogP contribution in [-0.4, -0.2) is 73.3 Å². The molecule has 5 rings (SSSR count). The van der Waals surface area contributed by atoms with E-state index >= 15 is 0 Å². The molecule has 0 aliphatic carbocycles. The van der Waals surface area contributed by atoms with Gasteiger partial charge in [0.2, 0.25) is 5.91 Å². The Balaban J connectivity index is 1.26. The lowest BCUT2D eigenvalue weighted by molar-refractivity contribution is -0.121. The van der Waals surface area contributed by atoms with Crippen LogP contribution >= 0.6 is 0 Å². The third kappa shape index (κ3) is 5.68. The topological polar surface area (TPSA) is 130 Å². The zero-order valence-corrected chi connectivity index (χ0v) is 21.3. The molecular weight excluding hydrogens is 472 g/mol. The van der Waals surface area contributed by atoms with E-state index in [-0.39, 0.29) is 30.6 Å². The van der Waals surface area contributed by atoms with E-state index in [1.54, 1.807) is 36.1 Å². The lowest BCUT2D eigenvalue weighted by Crippen LogP contribution is -2.48. The van der Waals surface area contributed by atoms with Crippen molar-refractivity contribution in [3.05, 3.63) is 54.2 Å². The van der Waals surface area contributed by atoms with Crippen molar-refractivity contribution in [2.45, 2.75) is 33.0 Å². The van der Waals surface area contributed by atoms with Gasteiger partial charge in [-0.3, -0.25) is 24.2 Å². The summed E-state index contributed by atoms with van der Waals surface area (Å²) in [6, 6.07) is 5.44. The molecule has 0 spiro atoms. The van der Waals surface area contributed by atoms with Gasteiger partial charge in [-0.05, 0) is 39.0 Å². The number of aromatic amines is 1. The standard InChI is InChI=1S/C26H30N8O3/c1-15-11-34(12-16(2)37-15)14-24(35)30-21-7-22(17(3)27-10-21)32-26(36)19-5-18-6-23(31-25(18)28-8-19)20-9-29-33(4)13-20/h5-10,13,15-16H,11-12,14H2,1-4H3,(H,28,31)(H,30,35)(H,32,36)/t15-,16-/m1/s1. The molecule has 4 aromatic heterocycles. The molecule has 5 heterocycles. The first-order valence-electron chi connectivity index (χ1n) is 12.2. The van der Waals surface area contributed by atoms with E-state index in [2.05, 4.69) is 35.6 Å². The smallest absolute Gasteiger partial charge is 0.257 e. The molecule has 2 atom stereocenters. The van der Waals surface area contributed by atoms with Gasteiger partial charge in [0, 0.05) is 43.5 Å². The minimum Gasteiger partial charge on any atom is -0.373 e. The molecule has 1 aliphatic rings. The van der Waals surface area contributed by atoms with Crippen LogP contribution in [0.4, 0.5) is 11.4 Å². The second-order valence-corrected chi connectivity index (χ2v) is 9.56. The Labute approximate surface area is 214 Å². The van der Waals surface area contributed by atoms with Gasteiger partial charge >= 0.3 is 0 Å². The molecule has 11 nitrogen and oxygen atoms in total. The summed E-state index contributed by atoms with van der Waals surface area (Å²) in [6.07, 6.45) is 6.95. The molecular formula is C26H30N8O3. The Morgan fingerprint density at radius 1 is 1.08 bits per heavy atom. The van der Waals surface area contributed by atoms with Gasteiger partial charge in [0.05, 0.1) is 59.5 Å². The number of amides is 2. The number of rotatable bonds is 6. The van der Waals surface area contributed by atoms with Gasteiger partial charge in [0.1, 0.15) is 5.65 Å². The quantitative estimate of drug-likeness (QED) is 0.370. The van der Waals surface area contributed by atoms with Crippen molar-refractivity contribution < 1.29 is 14.3 Å². The Morgan fingerprint density at radius 3 is 2.59 bits per heavy atom. The van der Waals surface area contributed by atoms with E-state index in [1.807, 2.05) is 33.2 Å². The van der Waals surface area contributed by atoms with Crippen molar-refractivity contribution in [1.29, 1.82) is 0 Å². The summed E-state index contributed by atoms with van der Waals surface area (Å²) in [5, 5.41) is 10.8. The lowest BCUT2D eigenvalue weighted by Gasteiger charge is -2.34. The number of anilines is 2. The highest BCUT2D eigenvalue weighted by Gasteiger charge is 2.24. The molecule has 1 saturated heterocycles. The monoisotopic (exact) mass is 502 g/mol. The summed E-state index contributed by atoms with van der Waals surface area (Å²) < 4.78 is 7.46. The summed E-state index contributed by atoms with van der Waals surface area (Å²) in [5.41, 5.74) is 4.57. The first kappa shape index (κ1) is 24.6. The maximum Gasteiger partial charge on any atom is 0.257 e. The lowest BCUT2D eigenvalue weighted by atomic mass is 10.2. The number of pyridine rings is 2. The normalized spacial score (nSPS) is 18.2. The Hall–Kier alpha value is -4.09. The molecule has 2 amide bonds. The fraction of sp³-hybridized carbons (Fsp3) is 0.346. The number of nitrogens with zero attached hydrogens (tertiary/aromatic N) is 5. The number of H-pyrrole nitrogens is 1. The van der Waals surface area contributed by atoms with Crippen molar-refractivity contribution in [3.8, 4) is 11.3 Å². The fourth-order valence-corrected chi connectivity index (χ4v) is 4.59. The van der Waals surface area contributed by atoms with Crippen LogP contribution in [0.3, 0.4) is 0 Å². The minimum atomic E-state index is -0.316. The number of hydrogen-bond donors (Lipinski definition) is 3. The van der Waals surface area contributed by atoms with E-state index in [9.17, 15) is 9.59 Å². The molecule has 4 aromatic rings. The molecule has 11 heteroatoms. The molecule has 1 fully saturated rings. The zero-order valence-electron chi connectivity index (χ0n) is 21.3. The molecule has 0 bridgehead atoms. The molecule has 1 aliphatic heterocycles. The maximum absolute atomic E-state index is 13.0. The van der Waals surface area contributed by atoms with E-state index in [4.69, 9.17) is 4.74 Å². The Bertz CT molecular complexity index is 1450. The number of ether oxygens (including phenoxy) is 1. The zero-order chi connectivity index (χ0) is 26.1. The van der Waals surface area contributed by atoms with Gasteiger partial charge in [0.15, 0.2) is 0 Å². The van der Waals surface area contributed by atoms with Gasteiger partial charge < -0.3 is 20.4 Å². The van der Waals surface area contributed by atoms with Crippen molar-refractivity contribution in [2.24, 2.45) is 7.05 Å². The van der Waals surface area contributed by atoms with E-state index in [0.717, 1.165) is 16.6 Å². The number of hydrogen-bond acceptors (Lipinski definition) is 7. The predicted octanol–water partition coefficient (Wildman–Crippen LogP) is 2.97. The molecule has 0 saturated carbocycles. The molecule has 0 unspecified atom stereocenters. The van der Waals surface area contributed by atoms with Crippen molar-refractivity contribution in [2.75, 3.05) is 30.3 Å². The second-order valence-electron chi connectivity index (χ2n) is 9.56. The number of morpholine rings is 1. The molecule has 192 valence electrons. The van der Waals surface area contributed by atoms with Crippen molar-refractivity contribution >= 4 is 34.2 Å². The number of nitrogens with one attached hydrogen (secondary N) is 3. The minimum absolute atomic E-state index is 0.0846. The number of aryl methyl sites for hydroxylation is 2. The van der Waals surface area contributed by atoms with Gasteiger partial charge in [0.25, 0.3) is 5.91 Å². The fourth-order valence-electron chi connectivity index (χ4n) is 4.59. The predicted molar refractivity (Wildman–Crippen MR) is 140 cm³/mol. The summed E-state index contributed by atoms with van der Waals surface area (Å²) in [6.45, 7) is 7.47. The van der Waals surface area contributed by atoms with Gasteiger partial charge in [-0.2, -0.15) is 5.10 Å². The highest BCUT2D eigenvalue weighted by Crippen LogP contribution is 2.24. The SMILES string of the molecule is Cc1ncc(NC(=O)CN2C[C@@H](C)O[C@H](C)C2)cc1NC(=O)c1cnc2[nH]c(-c3cnn(C)c3)cc2c1. The van der Waals surface area contributed by atoms with Crippen molar-refractivity contribution in [3.63, 3.8) is 0 Å². The van der Waals surface area contributed by atoms with E-state index in [0.29, 0.717) is 41.4 Å². The second kappa shape index (κ2) is 10.1. The number of aromatic nitrogens is 5. The van der Waals surface area contributed by atoms with E-state index < -0.39 is 0 Å². The third-order valence-electron chi connectivity index (χ3n) is 6.23. The maximum atomic E-state index is 13.0. The first-order valence-corrected chi connectivity index (χ1v) is 12.2. The van der Waals surface area contributed by atoms with Crippen LogP contribution in [0.2, 0.25) is 0 Å². The highest BCUT2D eigenvalue weighted by atomic mass is 16.5. The molecule has 3 N–H and O–H groups in total. The largest absolute Gasteiger partial charge is 0.373 e. The van der Waals surface area contributed by atoms with Crippen molar-refractivity contribution in [1.82, 2.24) is 29.6 Å². The van der Waals surface area contributed by atoms with Gasteiger partial charge in [-0.15, -0.1) is 0 Å². The number of carbonyl (C=O) groups is 2. The summed E-state index contributed by atoms with van der Waals surface area (Å²) in [7, 11) is 1.86. The van der Waals surface area contributed by atoms with Crippen LogP contribution in [0.15, 0.2) is 43.0 Å². The first-order chi connectivity index (χ1) is 17.7. The number of fused-ring (bicyclic) bond motifs is 1. The van der Waals surface area contributed by atoms with Crippen LogP contribution in [0.1, 0.15) is 29.9 Å². The van der Waals surface area contributed by atoms with E-state index in [1.165, 1.54) is 6.20 Å². The molecule has 37 heavy (non-hydrogen) atoms. The molecule has 0 radical (unpaired) electrons. The van der Waals surface area contributed by atoms with Gasteiger partial charge in [-0.25, -0.2) is 4.98 Å². The van der Waals surface area contributed by atoms with Gasteiger partial charge in [-0.1, -0.05) is 0 Å². The Kier molecular flexibility index (Phi) is 6.72. The van der Waals surface area contributed by atoms with Crippen LogP contribution < -0.4 is 10.6 Å². The van der Waals surface area contributed by atoms with Crippen LogP contribution in [-0.2, 0) is 16.6 Å². The average molecular weight is 503 g/mol. The highest BCUT2D eigenvalue weighted by molar-refractivity contribution is 6.06. The summed E-state index contributed by atoms with van der Waals surface area (Å²) in [5.74, 6) is -0.459. The summed E-state index contributed by atoms with van der Waals surface area (Å²) >= 11 is 0. The van der Waals surface area contributed by atoms with Crippen LogP contribution in [0, 0.1) is 6.92 Å². The van der Waals surface area contributed by atoms with Crippen LogP contribution in [0.5, 0.6) is 0 Å².